The van der Waals surface area contributed by atoms with Crippen LogP contribution in [0.2, 0.25) is 0 Å². The molecule has 2 bridgehead atoms. The Hall–Kier alpha value is -2.44. The van der Waals surface area contributed by atoms with Gasteiger partial charge in [0, 0.05) is 17.8 Å². The Labute approximate surface area is 178 Å². The molecule has 4 atom stereocenters. The van der Waals surface area contributed by atoms with Crippen LogP contribution in [0, 0.1) is 17.8 Å². The number of hydrogen-bond donors (Lipinski definition) is 2. The molecule has 2 saturated carbocycles. The Morgan fingerprint density at radius 3 is 2.40 bits per heavy atom. The van der Waals surface area contributed by atoms with Crippen molar-refractivity contribution in [2.75, 3.05) is 5.32 Å². The lowest BCUT2D eigenvalue weighted by Gasteiger charge is -2.28. The van der Waals surface area contributed by atoms with Gasteiger partial charge in [0.2, 0.25) is 15.9 Å². The predicted molar refractivity (Wildman–Crippen MR) is 119 cm³/mol. The third kappa shape index (κ3) is 4.82. The molecule has 0 heterocycles. The number of anilines is 1. The normalized spacial score (nSPS) is 24.2. The fourth-order valence-corrected chi connectivity index (χ4v) is 6.24. The molecule has 0 aliphatic heterocycles. The Balaban J connectivity index is 1.35. The van der Waals surface area contributed by atoms with Crippen molar-refractivity contribution in [2.24, 2.45) is 17.8 Å². The minimum absolute atomic E-state index is 0.0622. The van der Waals surface area contributed by atoms with E-state index in [1.807, 2.05) is 37.3 Å². The van der Waals surface area contributed by atoms with Crippen LogP contribution in [0.15, 0.2) is 65.6 Å². The Bertz CT molecular complexity index is 1020. The first kappa shape index (κ1) is 20.8. The summed E-state index contributed by atoms with van der Waals surface area (Å²) < 4.78 is 28.4. The Morgan fingerprint density at radius 2 is 1.77 bits per heavy atom. The maximum Gasteiger partial charge on any atom is 0.248 e. The highest BCUT2D eigenvalue weighted by Crippen LogP contribution is 2.49. The van der Waals surface area contributed by atoms with E-state index in [0.717, 1.165) is 17.9 Å². The number of rotatable bonds is 7. The van der Waals surface area contributed by atoms with Gasteiger partial charge in [0.1, 0.15) is 0 Å². The van der Waals surface area contributed by atoms with Gasteiger partial charge < -0.3 is 5.32 Å². The van der Waals surface area contributed by atoms with Gasteiger partial charge in [0.05, 0.1) is 4.90 Å². The van der Waals surface area contributed by atoms with Gasteiger partial charge in [-0.05, 0) is 79.8 Å². The number of carbonyl (C=O) groups is 1. The van der Waals surface area contributed by atoms with Crippen molar-refractivity contribution in [3.05, 3.63) is 66.2 Å². The fourth-order valence-electron chi connectivity index (χ4n) is 4.94. The van der Waals surface area contributed by atoms with Gasteiger partial charge in [-0.3, -0.25) is 4.79 Å². The quantitative estimate of drug-likeness (QED) is 0.645. The van der Waals surface area contributed by atoms with Gasteiger partial charge in [0.25, 0.3) is 0 Å². The first-order chi connectivity index (χ1) is 14.4. The molecule has 0 spiro atoms. The zero-order valence-electron chi connectivity index (χ0n) is 17.1. The van der Waals surface area contributed by atoms with Crippen LogP contribution in [0.3, 0.4) is 0 Å². The lowest BCUT2D eigenvalue weighted by Crippen LogP contribution is -2.40. The molecule has 0 unspecified atom stereocenters. The minimum atomic E-state index is -3.58. The van der Waals surface area contributed by atoms with Gasteiger partial charge in [-0.1, -0.05) is 36.8 Å². The van der Waals surface area contributed by atoms with Gasteiger partial charge in [0.15, 0.2) is 0 Å². The van der Waals surface area contributed by atoms with Crippen LogP contribution >= 0.6 is 0 Å². The number of sulfonamides is 1. The van der Waals surface area contributed by atoms with Crippen molar-refractivity contribution >= 4 is 27.7 Å². The number of carbonyl (C=O) groups excluding carboxylic acids is 1. The summed E-state index contributed by atoms with van der Waals surface area (Å²) in [6, 6.07) is 15.8. The molecule has 0 aromatic heterocycles. The molecule has 2 aromatic rings. The number of amides is 1. The molecule has 6 heteroatoms. The lowest BCUT2D eigenvalue weighted by atomic mass is 9.84. The second-order valence-corrected chi connectivity index (χ2v) is 10.2. The van der Waals surface area contributed by atoms with E-state index in [1.54, 1.807) is 18.2 Å². The van der Waals surface area contributed by atoms with Crippen LogP contribution in [0.4, 0.5) is 5.69 Å². The molecule has 1 amide bonds. The van der Waals surface area contributed by atoms with Crippen LogP contribution in [0.5, 0.6) is 0 Å². The molecule has 2 aromatic carbocycles. The molecule has 158 valence electrons. The van der Waals surface area contributed by atoms with Gasteiger partial charge in [-0.2, -0.15) is 0 Å². The van der Waals surface area contributed by atoms with E-state index in [2.05, 4.69) is 10.0 Å². The molecule has 2 aliphatic carbocycles. The Kier molecular flexibility index (Phi) is 6.06. The number of benzene rings is 2. The van der Waals surface area contributed by atoms with E-state index >= 15 is 0 Å². The van der Waals surface area contributed by atoms with E-state index in [0.29, 0.717) is 17.5 Å². The van der Waals surface area contributed by atoms with Crippen LogP contribution < -0.4 is 10.0 Å². The highest BCUT2D eigenvalue weighted by molar-refractivity contribution is 7.89. The molecule has 0 saturated heterocycles. The average molecular weight is 425 g/mol. The van der Waals surface area contributed by atoms with E-state index in [-0.39, 0.29) is 16.8 Å². The smallest absolute Gasteiger partial charge is 0.248 e. The number of hydrogen-bond acceptors (Lipinski definition) is 3. The molecule has 0 radical (unpaired) electrons. The SMILES string of the molecule is C[C@@H](NS(=O)(=O)c1ccc(NC(=O)/C=C/c2ccccc2)cc1)[C@@H]1C[C@@H]2CC[C@@H]1C2. The lowest BCUT2D eigenvalue weighted by molar-refractivity contribution is -0.111. The molecule has 5 nitrogen and oxygen atoms in total. The molecule has 2 aliphatic rings. The van der Waals surface area contributed by atoms with E-state index < -0.39 is 10.0 Å². The molecule has 2 N–H and O–H groups in total. The summed E-state index contributed by atoms with van der Waals surface area (Å²) in [4.78, 5) is 12.3. The fraction of sp³-hybridized carbons (Fsp3) is 0.375. The number of nitrogens with one attached hydrogen (secondary N) is 2. The maximum absolute atomic E-state index is 12.8. The zero-order valence-corrected chi connectivity index (χ0v) is 17.9. The summed E-state index contributed by atoms with van der Waals surface area (Å²) in [7, 11) is -3.58. The highest BCUT2D eigenvalue weighted by Gasteiger charge is 2.42. The summed E-state index contributed by atoms with van der Waals surface area (Å²) in [5.41, 5.74) is 1.49. The summed E-state index contributed by atoms with van der Waals surface area (Å²) in [6.07, 6.45) is 8.11. The first-order valence-electron chi connectivity index (χ1n) is 10.6. The molecular weight excluding hydrogens is 396 g/mol. The summed E-state index contributed by atoms with van der Waals surface area (Å²) in [6.45, 7) is 1.98. The van der Waals surface area contributed by atoms with Gasteiger partial charge >= 0.3 is 0 Å². The highest BCUT2D eigenvalue weighted by atomic mass is 32.2. The van der Waals surface area contributed by atoms with Crippen molar-refractivity contribution in [1.29, 1.82) is 0 Å². The maximum atomic E-state index is 12.8. The second kappa shape index (κ2) is 8.74. The molecule has 30 heavy (non-hydrogen) atoms. The van der Waals surface area contributed by atoms with Crippen molar-refractivity contribution in [2.45, 2.75) is 43.5 Å². The third-order valence-electron chi connectivity index (χ3n) is 6.43. The monoisotopic (exact) mass is 424 g/mol. The first-order valence-corrected chi connectivity index (χ1v) is 12.1. The number of fused-ring (bicyclic) bond motifs is 2. The van der Waals surface area contributed by atoms with Crippen LogP contribution in [-0.4, -0.2) is 20.4 Å². The summed E-state index contributed by atoms with van der Waals surface area (Å²) >= 11 is 0. The second-order valence-electron chi connectivity index (χ2n) is 8.51. The van der Waals surface area contributed by atoms with Crippen LogP contribution in [0.1, 0.15) is 38.2 Å². The largest absolute Gasteiger partial charge is 0.323 e. The predicted octanol–water partition coefficient (Wildman–Crippen LogP) is 4.44. The third-order valence-corrected chi connectivity index (χ3v) is 8.01. The average Bonchev–Trinajstić information content (AvgIpc) is 3.37. The van der Waals surface area contributed by atoms with Crippen molar-refractivity contribution in [1.82, 2.24) is 4.72 Å². The minimum Gasteiger partial charge on any atom is -0.323 e. The molecular formula is C24H28N2O3S. The Morgan fingerprint density at radius 1 is 1.03 bits per heavy atom. The van der Waals surface area contributed by atoms with E-state index in [9.17, 15) is 13.2 Å². The van der Waals surface area contributed by atoms with Gasteiger partial charge in [-0.25, -0.2) is 13.1 Å². The van der Waals surface area contributed by atoms with Crippen molar-refractivity contribution in [3.8, 4) is 0 Å². The topological polar surface area (TPSA) is 75.3 Å². The molecule has 4 rings (SSSR count). The summed E-state index contributed by atoms with van der Waals surface area (Å²) in [5, 5.41) is 2.75. The van der Waals surface area contributed by atoms with Gasteiger partial charge in [-0.15, -0.1) is 0 Å². The van der Waals surface area contributed by atoms with Crippen molar-refractivity contribution in [3.63, 3.8) is 0 Å². The van der Waals surface area contributed by atoms with Crippen molar-refractivity contribution < 1.29 is 13.2 Å². The van der Waals surface area contributed by atoms with Crippen LogP contribution in [0.25, 0.3) is 6.08 Å². The molecule has 2 fully saturated rings. The van der Waals surface area contributed by atoms with Crippen LogP contribution in [-0.2, 0) is 14.8 Å². The zero-order chi connectivity index (χ0) is 21.1. The van der Waals surface area contributed by atoms with E-state index in [4.69, 9.17) is 0 Å². The summed E-state index contributed by atoms with van der Waals surface area (Å²) in [5.74, 6) is 1.62. The standard InChI is InChI=1S/C24H28N2O3S/c1-17(23-16-19-7-9-20(23)15-19)26-30(28,29)22-12-10-21(11-13-22)25-24(27)14-8-18-5-3-2-4-6-18/h2-6,8,10-14,17,19-20,23,26H,7,9,15-16H2,1H3,(H,25,27)/b14-8+/t17-,19-,20-,23+/m1/s1. The van der Waals surface area contributed by atoms with E-state index in [1.165, 1.54) is 37.5 Å².